The van der Waals surface area contributed by atoms with E-state index in [2.05, 4.69) is 191 Å². The van der Waals surface area contributed by atoms with Crippen LogP contribution >= 0.6 is 0 Å². The van der Waals surface area contributed by atoms with E-state index in [9.17, 15) is 0 Å². The molecule has 244 valence electrons. The number of anilines is 2. The van der Waals surface area contributed by atoms with Gasteiger partial charge >= 0.3 is 0 Å². The average molecular weight is 665 g/mol. The van der Waals surface area contributed by atoms with Gasteiger partial charge < -0.3 is 9.47 Å². The zero-order chi connectivity index (χ0) is 34.2. The Morgan fingerprint density at radius 2 is 1.19 bits per heavy atom. The predicted molar refractivity (Wildman–Crippen MR) is 216 cm³/mol. The zero-order valence-corrected chi connectivity index (χ0v) is 28.3. The van der Waals surface area contributed by atoms with E-state index in [1.165, 1.54) is 55.0 Å². The second-order valence-corrected chi connectivity index (χ2v) is 13.8. The van der Waals surface area contributed by atoms with Crippen LogP contribution in [0.2, 0.25) is 0 Å². The summed E-state index contributed by atoms with van der Waals surface area (Å²) in [6, 6.07) is 56.8. The monoisotopic (exact) mass is 664 g/mol. The van der Waals surface area contributed by atoms with Crippen LogP contribution in [0.3, 0.4) is 0 Å². The molecule has 0 spiro atoms. The first kappa shape index (κ1) is 29.0. The van der Waals surface area contributed by atoms with E-state index in [1.54, 1.807) is 0 Å². The molecular weight excluding hydrogens is 633 g/mol. The van der Waals surface area contributed by atoms with Gasteiger partial charge in [-0.15, -0.1) is 0 Å². The number of rotatable bonds is 4. The molecule has 0 N–H and O–H groups in total. The minimum Gasteiger partial charge on any atom is -0.309 e. The Morgan fingerprint density at radius 3 is 2.12 bits per heavy atom. The SMILES string of the molecule is C1=CC2c3cc(-c4ccc5c(c4)c4ccccc4n5-c4ccccc4)ccc3N(c3nc(-c4ccc5ccccc5c4)c4ccccc4n3)C2C=C1. The van der Waals surface area contributed by atoms with Crippen LogP contribution < -0.4 is 4.90 Å². The normalized spacial score (nSPS) is 16.3. The summed E-state index contributed by atoms with van der Waals surface area (Å²) in [4.78, 5) is 12.9. The third-order valence-corrected chi connectivity index (χ3v) is 10.9. The van der Waals surface area contributed by atoms with Gasteiger partial charge in [0.1, 0.15) is 0 Å². The van der Waals surface area contributed by atoms with Crippen LogP contribution in [0, 0.1) is 0 Å². The van der Waals surface area contributed by atoms with E-state index in [4.69, 9.17) is 9.97 Å². The molecule has 2 aliphatic rings. The van der Waals surface area contributed by atoms with Crippen molar-refractivity contribution in [1.82, 2.24) is 14.5 Å². The molecule has 2 aromatic heterocycles. The minimum absolute atomic E-state index is 0.0761. The van der Waals surface area contributed by atoms with Crippen molar-refractivity contribution in [3.05, 3.63) is 188 Å². The zero-order valence-electron chi connectivity index (χ0n) is 28.3. The first-order chi connectivity index (χ1) is 25.8. The number of hydrogen-bond donors (Lipinski definition) is 0. The van der Waals surface area contributed by atoms with Crippen molar-refractivity contribution in [1.29, 1.82) is 0 Å². The molecule has 0 fully saturated rings. The summed E-state index contributed by atoms with van der Waals surface area (Å²) in [5.74, 6) is 0.904. The van der Waals surface area contributed by atoms with Crippen molar-refractivity contribution in [3.63, 3.8) is 0 Å². The number of aromatic nitrogens is 3. The molecule has 1 aliphatic carbocycles. The van der Waals surface area contributed by atoms with E-state index in [0.29, 0.717) is 0 Å². The van der Waals surface area contributed by atoms with Gasteiger partial charge in [0.2, 0.25) is 5.95 Å². The summed E-state index contributed by atoms with van der Waals surface area (Å²) in [6.07, 6.45) is 8.95. The first-order valence-electron chi connectivity index (χ1n) is 17.9. The van der Waals surface area contributed by atoms with Crippen LogP contribution in [0.5, 0.6) is 0 Å². The van der Waals surface area contributed by atoms with E-state index in [-0.39, 0.29) is 12.0 Å². The average Bonchev–Trinajstić information content (AvgIpc) is 3.73. The largest absolute Gasteiger partial charge is 0.309 e. The van der Waals surface area contributed by atoms with Crippen molar-refractivity contribution >= 4 is 55.1 Å². The van der Waals surface area contributed by atoms with Crippen molar-refractivity contribution in [3.8, 4) is 28.1 Å². The van der Waals surface area contributed by atoms with Crippen LogP contribution in [0.15, 0.2) is 182 Å². The summed E-state index contributed by atoms with van der Waals surface area (Å²) in [5.41, 5.74) is 11.4. The molecule has 0 amide bonds. The van der Waals surface area contributed by atoms with Crippen molar-refractivity contribution in [2.24, 2.45) is 0 Å². The van der Waals surface area contributed by atoms with Crippen LogP contribution in [-0.4, -0.2) is 20.6 Å². The number of fused-ring (bicyclic) bond motifs is 8. The Hall–Kier alpha value is -6.78. The lowest BCUT2D eigenvalue weighted by molar-refractivity contribution is 0.731. The predicted octanol–water partition coefficient (Wildman–Crippen LogP) is 11.9. The number of nitrogens with zero attached hydrogens (tertiary/aromatic N) is 4. The highest BCUT2D eigenvalue weighted by atomic mass is 15.3. The smallest absolute Gasteiger partial charge is 0.231 e. The topological polar surface area (TPSA) is 34.0 Å². The summed E-state index contributed by atoms with van der Waals surface area (Å²) < 4.78 is 2.37. The molecule has 4 heteroatoms. The van der Waals surface area contributed by atoms with Crippen LogP contribution in [0.4, 0.5) is 11.6 Å². The molecule has 0 radical (unpaired) electrons. The Kier molecular flexibility index (Phi) is 6.34. The lowest BCUT2D eigenvalue weighted by Gasteiger charge is -2.27. The Balaban J connectivity index is 1.05. The van der Waals surface area contributed by atoms with Crippen LogP contribution in [0.1, 0.15) is 11.5 Å². The second-order valence-electron chi connectivity index (χ2n) is 13.8. The third-order valence-electron chi connectivity index (χ3n) is 10.9. The van der Waals surface area contributed by atoms with Crippen molar-refractivity contribution in [2.75, 3.05) is 4.90 Å². The summed E-state index contributed by atoms with van der Waals surface area (Å²) in [5, 5.41) is 5.98. The van der Waals surface area contributed by atoms with Gasteiger partial charge in [0.25, 0.3) is 0 Å². The molecule has 9 aromatic rings. The van der Waals surface area contributed by atoms with Crippen LogP contribution in [-0.2, 0) is 0 Å². The molecule has 7 aromatic carbocycles. The Labute approximate surface area is 301 Å². The van der Waals surface area contributed by atoms with Crippen molar-refractivity contribution in [2.45, 2.75) is 12.0 Å². The van der Waals surface area contributed by atoms with Gasteiger partial charge in [-0.2, -0.15) is 0 Å². The van der Waals surface area contributed by atoms with Gasteiger partial charge in [-0.05, 0) is 82.1 Å². The minimum atomic E-state index is 0.0761. The fourth-order valence-corrected chi connectivity index (χ4v) is 8.49. The molecule has 0 bridgehead atoms. The molecule has 0 saturated carbocycles. The number of hydrogen-bond acceptors (Lipinski definition) is 3. The number of para-hydroxylation sites is 3. The quantitative estimate of drug-likeness (QED) is 0.188. The molecule has 2 unspecified atom stereocenters. The highest BCUT2D eigenvalue weighted by Crippen LogP contribution is 2.49. The summed E-state index contributed by atoms with van der Waals surface area (Å²) in [7, 11) is 0. The lowest BCUT2D eigenvalue weighted by atomic mass is 9.89. The molecule has 2 atom stereocenters. The van der Waals surface area contributed by atoms with Gasteiger partial charge in [0, 0.05) is 39.0 Å². The van der Waals surface area contributed by atoms with Gasteiger partial charge in [0.05, 0.1) is 28.3 Å². The fraction of sp³-hybridized carbons (Fsp3) is 0.0417. The van der Waals surface area contributed by atoms with Gasteiger partial charge in [-0.25, -0.2) is 9.97 Å². The van der Waals surface area contributed by atoms with E-state index in [1.807, 2.05) is 0 Å². The maximum Gasteiger partial charge on any atom is 0.231 e. The number of benzene rings is 7. The van der Waals surface area contributed by atoms with E-state index in [0.717, 1.165) is 33.8 Å². The Bertz CT molecular complexity index is 2930. The highest BCUT2D eigenvalue weighted by Gasteiger charge is 2.39. The van der Waals surface area contributed by atoms with Gasteiger partial charge in [-0.1, -0.05) is 127 Å². The molecule has 0 saturated heterocycles. The highest BCUT2D eigenvalue weighted by molar-refractivity contribution is 6.10. The molecule has 1 aliphatic heterocycles. The van der Waals surface area contributed by atoms with Gasteiger partial charge in [0.15, 0.2) is 0 Å². The third kappa shape index (κ3) is 4.41. The standard InChI is InChI=1S/C48H32N4/c1-2-14-36(15-3-1)51-43-20-10-7-16-37(43)40-29-33(24-26-45(40)51)34-25-27-46-41(30-34)38-17-8-11-21-44(38)52(46)48-49-42-19-9-6-18-39(42)47(50-48)35-23-22-31-12-4-5-13-32(31)28-35/h1-30,38,44H. The summed E-state index contributed by atoms with van der Waals surface area (Å²) >= 11 is 0. The van der Waals surface area contributed by atoms with E-state index >= 15 is 0 Å². The maximum atomic E-state index is 5.38. The fourth-order valence-electron chi connectivity index (χ4n) is 8.49. The molecule has 4 nitrogen and oxygen atoms in total. The van der Waals surface area contributed by atoms with E-state index < -0.39 is 0 Å². The molecule has 52 heavy (non-hydrogen) atoms. The Morgan fingerprint density at radius 1 is 0.481 bits per heavy atom. The van der Waals surface area contributed by atoms with Gasteiger partial charge in [-0.3, -0.25) is 0 Å². The molecule has 3 heterocycles. The number of allylic oxidation sites excluding steroid dienone is 2. The summed E-state index contributed by atoms with van der Waals surface area (Å²) in [6.45, 7) is 0. The second kappa shape index (κ2) is 11.4. The van der Waals surface area contributed by atoms with Crippen LogP contribution in [0.25, 0.3) is 71.6 Å². The molecular formula is C48H32N4. The molecule has 11 rings (SSSR count). The first-order valence-corrected chi connectivity index (χ1v) is 17.9. The van der Waals surface area contributed by atoms with Crippen molar-refractivity contribution < 1.29 is 0 Å². The lowest BCUT2D eigenvalue weighted by Crippen LogP contribution is -2.30. The maximum absolute atomic E-state index is 5.38.